The number of carboxylic acids is 1. The Hall–Kier alpha value is -4.22. The van der Waals surface area contributed by atoms with Gasteiger partial charge in [-0.2, -0.15) is 0 Å². The van der Waals surface area contributed by atoms with Crippen LogP contribution in [-0.2, 0) is 22.6 Å². The van der Waals surface area contributed by atoms with E-state index in [1.54, 1.807) is 18.3 Å². The number of hydrogen-bond donors (Lipinski definition) is 4. The first-order valence-corrected chi connectivity index (χ1v) is 15.9. The summed E-state index contributed by atoms with van der Waals surface area (Å²) < 4.78 is 13.1. The summed E-state index contributed by atoms with van der Waals surface area (Å²) in [5.41, 5.74) is 5.84. The molecule has 0 radical (unpaired) electrons. The van der Waals surface area contributed by atoms with Crippen LogP contribution in [0.3, 0.4) is 0 Å². The predicted molar refractivity (Wildman–Crippen MR) is 173 cm³/mol. The number of thioether (sulfide) groups is 1. The monoisotopic (exact) mass is 627 g/mol. The molecule has 0 spiro atoms. The van der Waals surface area contributed by atoms with Crippen molar-refractivity contribution in [3.63, 3.8) is 0 Å². The Morgan fingerprint density at radius 3 is 2.36 bits per heavy atom. The molecule has 2 heterocycles. The molecule has 1 aromatic heterocycles. The average Bonchev–Trinajstić information content (AvgIpc) is 3.07. The van der Waals surface area contributed by atoms with Gasteiger partial charge in [-0.15, -0.1) is 11.8 Å². The zero-order valence-electron chi connectivity index (χ0n) is 25.2. The lowest BCUT2D eigenvalue weighted by Crippen LogP contribution is -2.38. The Bertz CT molecular complexity index is 1600. The van der Waals surface area contributed by atoms with Crippen molar-refractivity contribution in [2.75, 3.05) is 12.3 Å². The fourth-order valence-corrected chi connectivity index (χ4v) is 6.39. The van der Waals surface area contributed by atoms with E-state index in [0.717, 1.165) is 33.4 Å². The molecule has 4 aromatic rings. The van der Waals surface area contributed by atoms with Crippen molar-refractivity contribution in [1.82, 2.24) is 15.6 Å². The van der Waals surface area contributed by atoms with Gasteiger partial charge in [-0.3, -0.25) is 0 Å². The summed E-state index contributed by atoms with van der Waals surface area (Å²) >= 11 is 1.36. The van der Waals surface area contributed by atoms with Gasteiger partial charge in [0.25, 0.3) is 0 Å². The molecule has 1 aliphatic heterocycles. The Kier molecular flexibility index (Phi) is 10.9. The number of nitrogens with one attached hydrogen (secondary N) is 2. The van der Waals surface area contributed by atoms with Gasteiger partial charge < -0.3 is 30.3 Å². The van der Waals surface area contributed by atoms with E-state index in [9.17, 15) is 19.8 Å². The minimum atomic E-state index is -1.02. The van der Waals surface area contributed by atoms with Crippen molar-refractivity contribution in [3.8, 4) is 11.1 Å². The Balaban J connectivity index is 1.36. The third-order valence-electron chi connectivity index (χ3n) is 7.74. The number of pyridine rings is 1. The molecule has 45 heavy (non-hydrogen) atoms. The minimum Gasteiger partial charge on any atom is -0.478 e. The molecule has 0 bridgehead atoms. The van der Waals surface area contributed by atoms with Crippen molar-refractivity contribution in [1.29, 1.82) is 0 Å². The summed E-state index contributed by atoms with van der Waals surface area (Å²) in [5.74, 6) is -0.588. The first-order chi connectivity index (χ1) is 21.9. The summed E-state index contributed by atoms with van der Waals surface area (Å²) in [5, 5.41) is 25.2. The third kappa shape index (κ3) is 8.09. The Morgan fingerprint density at radius 1 is 0.889 bits per heavy atom. The molecule has 5 rings (SSSR count). The normalized spacial score (nSPS) is 19.5. The summed E-state index contributed by atoms with van der Waals surface area (Å²) in [6.07, 6.45) is 0.375. The number of ether oxygens (including phenoxy) is 2. The molecule has 10 heteroatoms. The van der Waals surface area contributed by atoms with Crippen LogP contribution in [-0.4, -0.2) is 45.6 Å². The maximum atomic E-state index is 11.8. The number of carboxylic acid groups (broad SMARTS) is 1. The van der Waals surface area contributed by atoms with E-state index in [1.807, 2.05) is 73.7 Å². The second kappa shape index (κ2) is 15.2. The number of hydrogen-bond acceptors (Lipinski definition) is 7. The molecule has 2 amide bonds. The highest BCUT2D eigenvalue weighted by Crippen LogP contribution is 2.43. The van der Waals surface area contributed by atoms with E-state index < -0.39 is 12.3 Å². The fourth-order valence-electron chi connectivity index (χ4n) is 5.24. The van der Waals surface area contributed by atoms with Crippen LogP contribution in [0.15, 0.2) is 96.2 Å². The quantitative estimate of drug-likeness (QED) is 0.142. The summed E-state index contributed by atoms with van der Waals surface area (Å²) in [4.78, 5) is 27.9. The highest BCUT2D eigenvalue weighted by molar-refractivity contribution is 7.99. The first-order valence-electron chi connectivity index (χ1n) is 14.9. The van der Waals surface area contributed by atoms with Crippen molar-refractivity contribution in [2.45, 2.75) is 50.5 Å². The van der Waals surface area contributed by atoms with Crippen LogP contribution in [0.1, 0.15) is 58.9 Å². The van der Waals surface area contributed by atoms with Crippen molar-refractivity contribution < 1.29 is 29.3 Å². The zero-order chi connectivity index (χ0) is 31.8. The van der Waals surface area contributed by atoms with Crippen LogP contribution >= 0.6 is 11.8 Å². The molecule has 0 unspecified atom stereocenters. The number of carbonyl (C=O) groups excluding carboxylic acids is 1. The van der Waals surface area contributed by atoms with E-state index in [1.165, 1.54) is 11.8 Å². The van der Waals surface area contributed by atoms with E-state index in [0.29, 0.717) is 23.9 Å². The lowest BCUT2D eigenvalue weighted by molar-refractivity contribution is -0.268. The van der Waals surface area contributed by atoms with Crippen molar-refractivity contribution in [3.05, 3.63) is 119 Å². The maximum absolute atomic E-state index is 11.8. The van der Waals surface area contributed by atoms with Gasteiger partial charge in [0, 0.05) is 36.5 Å². The van der Waals surface area contributed by atoms with E-state index in [-0.39, 0.29) is 36.3 Å². The number of aliphatic hydroxyl groups is 1. The van der Waals surface area contributed by atoms with Crippen molar-refractivity contribution in [2.24, 2.45) is 5.92 Å². The molecule has 1 aliphatic rings. The highest BCUT2D eigenvalue weighted by Gasteiger charge is 2.38. The maximum Gasteiger partial charge on any atom is 0.338 e. The second-order valence-electron chi connectivity index (χ2n) is 10.8. The number of aromatic carboxylic acids is 1. The first kappa shape index (κ1) is 32.2. The summed E-state index contributed by atoms with van der Waals surface area (Å²) in [6, 6.07) is 26.8. The van der Waals surface area contributed by atoms with Crippen LogP contribution in [0.4, 0.5) is 4.79 Å². The second-order valence-corrected chi connectivity index (χ2v) is 11.8. The SMILES string of the molecule is CCNC(=O)NCc1cccc(-c2ccc([C@H]3O[C@@H](CSc4ncccc4C(=O)O)[C@@H](C)[C@@H](c4ccc(CO)cc4)O3)cc2)c1. The summed E-state index contributed by atoms with van der Waals surface area (Å²) in [7, 11) is 0. The molecule has 0 saturated carbocycles. The van der Waals surface area contributed by atoms with Gasteiger partial charge in [-0.25, -0.2) is 14.6 Å². The van der Waals surface area contributed by atoms with Crippen molar-refractivity contribution >= 4 is 23.8 Å². The number of amides is 2. The van der Waals surface area contributed by atoms with Gasteiger partial charge in [0.2, 0.25) is 0 Å². The topological polar surface area (TPSA) is 130 Å². The molecule has 4 atom stereocenters. The zero-order valence-corrected chi connectivity index (χ0v) is 26.0. The standard InChI is InChI=1S/C35H37N3O6S/c1-3-36-35(42)38-19-24-6-4-7-28(18-24)25-13-15-27(16-14-25)34-43-30(21-45-32-29(33(40)41)8-5-17-37-32)22(2)31(44-34)26-11-9-23(20-39)10-12-26/h4-18,22,30-31,34,39H,3,19-21H2,1-2H3,(H,40,41)(H2,36,38,42)/t22-,30+,31+,34+/m1/s1. The van der Waals surface area contributed by atoms with E-state index in [4.69, 9.17) is 9.47 Å². The third-order valence-corrected chi connectivity index (χ3v) is 8.84. The van der Waals surface area contributed by atoms with Crippen LogP contribution < -0.4 is 10.6 Å². The smallest absolute Gasteiger partial charge is 0.338 e. The molecule has 0 aliphatic carbocycles. The van der Waals surface area contributed by atoms with Gasteiger partial charge in [-0.1, -0.05) is 73.7 Å². The number of carbonyl (C=O) groups is 2. The highest BCUT2D eigenvalue weighted by atomic mass is 32.2. The molecular formula is C35H37N3O6S. The van der Waals surface area contributed by atoms with Gasteiger partial charge >= 0.3 is 12.0 Å². The predicted octanol–water partition coefficient (Wildman–Crippen LogP) is 6.34. The number of benzene rings is 3. The molecule has 3 aromatic carbocycles. The number of rotatable bonds is 11. The van der Waals surface area contributed by atoms with Gasteiger partial charge in [-0.05, 0) is 52.9 Å². The average molecular weight is 628 g/mol. The summed E-state index contributed by atoms with van der Waals surface area (Å²) in [6.45, 7) is 4.90. The molecule has 1 fully saturated rings. The molecule has 9 nitrogen and oxygen atoms in total. The number of aliphatic hydroxyl groups excluding tert-OH is 1. The number of nitrogens with zero attached hydrogens (tertiary/aromatic N) is 1. The molecular weight excluding hydrogens is 590 g/mol. The molecule has 4 N–H and O–H groups in total. The van der Waals surface area contributed by atoms with E-state index in [2.05, 4.69) is 28.6 Å². The van der Waals surface area contributed by atoms with Gasteiger partial charge in [0.15, 0.2) is 6.29 Å². The Morgan fingerprint density at radius 2 is 1.64 bits per heavy atom. The van der Waals surface area contributed by atoms with Gasteiger partial charge in [0.1, 0.15) is 5.03 Å². The molecule has 1 saturated heterocycles. The number of aromatic nitrogens is 1. The number of urea groups is 1. The lowest BCUT2D eigenvalue weighted by atomic mass is 9.91. The largest absolute Gasteiger partial charge is 0.478 e. The fraction of sp³-hybridized carbons (Fsp3) is 0.286. The van der Waals surface area contributed by atoms with E-state index >= 15 is 0 Å². The van der Waals surface area contributed by atoms with Crippen LogP contribution in [0.2, 0.25) is 0 Å². The minimum absolute atomic E-state index is 0.0394. The molecule has 234 valence electrons. The van der Waals surface area contributed by atoms with Crippen LogP contribution in [0.5, 0.6) is 0 Å². The lowest BCUT2D eigenvalue weighted by Gasteiger charge is -2.41. The van der Waals surface area contributed by atoms with Gasteiger partial charge in [0.05, 0.1) is 24.4 Å². The Labute approximate surface area is 267 Å². The van der Waals surface area contributed by atoms with Crippen LogP contribution in [0.25, 0.3) is 11.1 Å². The van der Waals surface area contributed by atoms with Crippen LogP contribution in [0, 0.1) is 5.92 Å².